The zero-order chi connectivity index (χ0) is 17.2. The van der Waals surface area contributed by atoms with Crippen LogP contribution in [0.15, 0.2) is 67.1 Å². The number of nitrogens with zero attached hydrogens (tertiary/aromatic N) is 3. The topological polar surface area (TPSA) is 33.1 Å². The lowest BCUT2D eigenvalue weighted by atomic mass is 10.0. The number of hydrogen-bond donors (Lipinski definition) is 1. The Hall–Kier alpha value is -2.37. The average Bonchev–Trinajstić information content (AvgIpc) is 3.10. The van der Waals surface area contributed by atoms with Crippen LogP contribution in [0, 0.1) is 0 Å². The number of anilines is 1. The average molecular weight is 369 g/mol. The molecule has 2 aromatic heterocycles. The zero-order valence-electron chi connectivity index (χ0n) is 13.5. The highest BCUT2D eigenvalue weighted by molar-refractivity contribution is 7.80. The minimum atomic E-state index is 0.0611. The number of rotatable bonds is 2. The Morgan fingerprint density at radius 2 is 1.96 bits per heavy atom. The quantitative estimate of drug-likeness (QED) is 0.682. The summed E-state index contributed by atoms with van der Waals surface area (Å²) in [6.45, 7) is 1.74. The predicted molar refractivity (Wildman–Crippen MR) is 105 cm³/mol. The largest absolute Gasteiger partial charge is 0.348 e. The molecule has 1 N–H and O–H groups in total. The van der Waals surface area contributed by atoms with E-state index in [0.717, 1.165) is 18.8 Å². The number of fused-ring (bicyclic) bond motifs is 1. The summed E-state index contributed by atoms with van der Waals surface area (Å²) in [6, 6.07) is 16.0. The van der Waals surface area contributed by atoms with Crippen LogP contribution in [-0.2, 0) is 6.54 Å². The van der Waals surface area contributed by atoms with Gasteiger partial charge in [0.2, 0.25) is 0 Å². The molecule has 0 radical (unpaired) electrons. The van der Waals surface area contributed by atoms with Gasteiger partial charge < -0.3 is 14.8 Å². The highest BCUT2D eigenvalue weighted by atomic mass is 35.5. The van der Waals surface area contributed by atoms with Crippen LogP contribution >= 0.6 is 23.8 Å². The highest BCUT2D eigenvalue weighted by Crippen LogP contribution is 2.32. The number of nitrogens with one attached hydrogen (secondary N) is 1. The van der Waals surface area contributed by atoms with Gasteiger partial charge in [-0.05, 0) is 60.2 Å². The summed E-state index contributed by atoms with van der Waals surface area (Å²) in [5, 5.41) is 4.70. The summed E-state index contributed by atoms with van der Waals surface area (Å²) in [6.07, 6.45) is 5.76. The second-order valence-corrected chi connectivity index (χ2v) is 6.77. The van der Waals surface area contributed by atoms with Gasteiger partial charge in [-0.2, -0.15) is 0 Å². The molecule has 0 saturated carbocycles. The van der Waals surface area contributed by atoms with Gasteiger partial charge in [-0.3, -0.25) is 4.98 Å². The maximum absolute atomic E-state index is 6.08. The summed E-state index contributed by atoms with van der Waals surface area (Å²) < 4.78 is 2.28. The first-order valence-corrected chi connectivity index (χ1v) is 8.89. The van der Waals surface area contributed by atoms with Gasteiger partial charge in [-0.15, -0.1) is 0 Å². The molecule has 3 aromatic rings. The Morgan fingerprint density at radius 3 is 2.76 bits per heavy atom. The molecule has 126 valence electrons. The van der Waals surface area contributed by atoms with E-state index in [1.54, 1.807) is 0 Å². The number of halogens is 1. The Bertz CT molecular complexity index is 893. The van der Waals surface area contributed by atoms with Crippen molar-refractivity contribution in [2.24, 2.45) is 0 Å². The van der Waals surface area contributed by atoms with Gasteiger partial charge in [0.15, 0.2) is 5.11 Å². The van der Waals surface area contributed by atoms with E-state index in [9.17, 15) is 0 Å². The van der Waals surface area contributed by atoms with Gasteiger partial charge in [0.1, 0.15) is 0 Å². The maximum Gasteiger partial charge on any atom is 0.174 e. The second kappa shape index (κ2) is 6.86. The van der Waals surface area contributed by atoms with Crippen molar-refractivity contribution < 1.29 is 0 Å². The molecule has 1 aliphatic rings. The van der Waals surface area contributed by atoms with E-state index < -0.39 is 0 Å². The van der Waals surface area contributed by atoms with E-state index in [0.29, 0.717) is 10.1 Å². The molecule has 1 aromatic carbocycles. The Morgan fingerprint density at radius 1 is 1.12 bits per heavy atom. The molecule has 3 heterocycles. The molecule has 0 fully saturated rings. The van der Waals surface area contributed by atoms with Gasteiger partial charge in [-0.25, -0.2) is 0 Å². The van der Waals surface area contributed by atoms with Crippen LogP contribution in [0.4, 0.5) is 5.69 Å². The molecule has 25 heavy (non-hydrogen) atoms. The standard InChI is InChI=1S/C19H17ClN4S/c20-15-3-1-4-16(13-15)22-19(25)24-12-11-23-10-2-5-17(23)18(24)14-6-8-21-9-7-14/h1-10,13,18H,11-12H2,(H,22,25)/t18-/m0/s1. The van der Waals surface area contributed by atoms with E-state index >= 15 is 0 Å². The third-order valence-electron chi connectivity index (χ3n) is 4.40. The van der Waals surface area contributed by atoms with Gasteiger partial charge in [0, 0.05) is 48.1 Å². The minimum absolute atomic E-state index is 0.0611. The predicted octanol–water partition coefficient (Wildman–Crippen LogP) is 4.34. The van der Waals surface area contributed by atoms with Crippen LogP contribution in [0.3, 0.4) is 0 Å². The smallest absolute Gasteiger partial charge is 0.174 e. The molecule has 0 aliphatic carbocycles. The van der Waals surface area contributed by atoms with Crippen molar-refractivity contribution in [2.45, 2.75) is 12.6 Å². The summed E-state index contributed by atoms with van der Waals surface area (Å²) in [5.74, 6) is 0. The van der Waals surface area contributed by atoms with Crippen molar-refractivity contribution in [1.29, 1.82) is 0 Å². The van der Waals surface area contributed by atoms with Crippen molar-refractivity contribution in [3.05, 3.63) is 83.4 Å². The fourth-order valence-corrected chi connectivity index (χ4v) is 3.76. The van der Waals surface area contributed by atoms with E-state index in [-0.39, 0.29) is 6.04 Å². The van der Waals surface area contributed by atoms with Crippen LogP contribution in [0.2, 0.25) is 5.02 Å². The number of thiocarbonyl (C=S) groups is 1. The molecule has 6 heteroatoms. The third-order valence-corrected chi connectivity index (χ3v) is 4.97. The monoisotopic (exact) mass is 368 g/mol. The maximum atomic E-state index is 6.08. The van der Waals surface area contributed by atoms with Crippen LogP contribution in [0.1, 0.15) is 17.3 Å². The molecular formula is C19H17ClN4S. The molecule has 4 nitrogen and oxygen atoms in total. The van der Waals surface area contributed by atoms with Crippen molar-refractivity contribution in [3.8, 4) is 0 Å². The summed E-state index contributed by atoms with van der Waals surface area (Å²) in [4.78, 5) is 6.37. The molecule has 0 amide bonds. The first kappa shape index (κ1) is 16.1. The fraction of sp³-hybridized carbons (Fsp3) is 0.158. The zero-order valence-corrected chi connectivity index (χ0v) is 15.0. The lowest BCUT2D eigenvalue weighted by Crippen LogP contribution is -2.44. The van der Waals surface area contributed by atoms with Crippen LogP contribution in [-0.4, -0.2) is 26.1 Å². The summed E-state index contributed by atoms with van der Waals surface area (Å²) in [5.41, 5.74) is 3.30. The lowest BCUT2D eigenvalue weighted by molar-refractivity contribution is 0.293. The number of hydrogen-bond acceptors (Lipinski definition) is 2. The third kappa shape index (κ3) is 3.25. The molecule has 1 atom stereocenters. The van der Waals surface area contributed by atoms with Gasteiger partial charge in [-0.1, -0.05) is 17.7 Å². The van der Waals surface area contributed by atoms with Crippen LogP contribution in [0.25, 0.3) is 0 Å². The van der Waals surface area contributed by atoms with Gasteiger partial charge in [0.05, 0.1) is 6.04 Å². The molecule has 0 bridgehead atoms. The summed E-state index contributed by atoms with van der Waals surface area (Å²) in [7, 11) is 0. The SMILES string of the molecule is S=C(Nc1cccc(Cl)c1)N1CCn2cccc2[C@@H]1c1ccncc1. The lowest BCUT2D eigenvalue weighted by Gasteiger charge is -2.39. The Labute approximate surface area is 157 Å². The molecule has 0 saturated heterocycles. The van der Waals surface area contributed by atoms with Crippen molar-refractivity contribution in [3.63, 3.8) is 0 Å². The van der Waals surface area contributed by atoms with E-state index in [4.69, 9.17) is 23.8 Å². The second-order valence-electron chi connectivity index (χ2n) is 5.94. The van der Waals surface area contributed by atoms with Crippen LogP contribution in [0.5, 0.6) is 0 Å². The fourth-order valence-electron chi connectivity index (χ4n) is 3.26. The van der Waals surface area contributed by atoms with E-state index in [1.807, 2.05) is 48.8 Å². The Balaban J connectivity index is 1.66. The number of benzene rings is 1. The summed E-state index contributed by atoms with van der Waals surface area (Å²) >= 11 is 11.8. The van der Waals surface area contributed by atoms with E-state index in [2.05, 4.69) is 38.1 Å². The first-order valence-electron chi connectivity index (χ1n) is 8.10. The molecule has 4 rings (SSSR count). The normalized spacial score (nSPS) is 16.4. The minimum Gasteiger partial charge on any atom is -0.348 e. The molecule has 0 unspecified atom stereocenters. The van der Waals surface area contributed by atoms with Crippen molar-refractivity contribution >= 4 is 34.6 Å². The molecule has 0 spiro atoms. The molecular weight excluding hydrogens is 352 g/mol. The van der Waals surface area contributed by atoms with Gasteiger partial charge >= 0.3 is 0 Å². The van der Waals surface area contributed by atoms with Crippen molar-refractivity contribution in [1.82, 2.24) is 14.5 Å². The number of aromatic nitrogens is 2. The number of pyridine rings is 1. The van der Waals surface area contributed by atoms with Crippen molar-refractivity contribution in [2.75, 3.05) is 11.9 Å². The van der Waals surface area contributed by atoms with Crippen LogP contribution < -0.4 is 5.32 Å². The Kier molecular flexibility index (Phi) is 4.42. The van der Waals surface area contributed by atoms with E-state index in [1.165, 1.54) is 11.3 Å². The van der Waals surface area contributed by atoms with Gasteiger partial charge in [0.25, 0.3) is 0 Å². The molecule has 1 aliphatic heterocycles. The first-order chi connectivity index (χ1) is 12.2. The highest BCUT2D eigenvalue weighted by Gasteiger charge is 2.30.